The topological polar surface area (TPSA) is 26.0 Å². The quantitative estimate of drug-likeness (QED) is 0.827. The van der Waals surface area contributed by atoms with Gasteiger partial charge in [-0.25, -0.2) is 0 Å². The van der Waals surface area contributed by atoms with Crippen molar-refractivity contribution in [3.8, 4) is 0 Å². The molecule has 1 aromatic rings. The van der Waals surface area contributed by atoms with Crippen LogP contribution in [0.25, 0.3) is 0 Å². The molecule has 0 saturated carbocycles. The lowest BCUT2D eigenvalue weighted by atomic mass is 9.82. The summed E-state index contributed by atoms with van der Waals surface area (Å²) in [6, 6.07) is 8.88. The maximum absolute atomic E-state index is 5.78. The Bertz CT molecular complexity index is 345. The van der Waals surface area contributed by atoms with Crippen molar-refractivity contribution in [2.24, 2.45) is 11.1 Å². The number of nitrogens with two attached hydrogens (primary N) is 1. The van der Waals surface area contributed by atoms with Crippen LogP contribution in [-0.2, 0) is 11.8 Å². The van der Waals surface area contributed by atoms with E-state index in [4.69, 9.17) is 5.73 Å². The monoisotopic (exact) mass is 219 g/mol. The summed E-state index contributed by atoms with van der Waals surface area (Å²) in [6.07, 6.45) is 1.05. The maximum atomic E-state index is 5.78. The fourth-order valence-corrected chi connectivity index (χ4v) is 1.77. The van der Waals surface area contributed by atoms with Gasteiger partial charge in [0, 0.05) is 0 Å². The van der Waals surface area contributed by atoms with Crippen LogP contribution in [0.4, 0.5) is 0 Å². The lowest BCUT2D eigenvalue weighted by molar-refractivity contribution is 0.376. The molecule has 0 saturated heterocycles. The first kappa shape index (κ1) is 13.2. The number of rotatable bonds is 3. The highest BCUT2D eigenvalue weighted by atomic mass is 14.6. The van der Waals surface area contributed by atoms with E-state index in [2.05, 4.69) is 58.9 Å². The number of hydrogen-bond acceptors (Lipinski definition) is 1. The molecule has 0 fully saturated rings. The Labute approximate surface area is 100 Å². The molecule has 0 aromatic heterocycles. The Balaban J connectivity index is 2.92. The van der Waals surface area contributed by atoms with E-state index in [1.165, 1.54) is 11.1 Å². The van der Waals surface area contributed by atoms with Crippen molar-refractivity contribution in [2.75, 3.05) is 6.54 Å². The van der Waals surface area contributed by atoms with Crippen LogP contribution in [0.15, 0.2) is 24.3 Å². The molecule has 2 N–H and O–H groups in total. The highest BCUT2D eigenvalue weighted by Crippen LogP contribution is 2.26. The molecule has 0 radical (unpaired) electrons. The Morgan fingerprint density at radius 2 is 1.69 bits per heavy atom. The molecule has 0 spiro atoms. The molecule has 1 nitrogen and oxygen atoms in total. The summed E-state index contributed by atoms with van der Waals surface area (Å²) in [6.45, 7) is 11.9. The largest absolute Gasteiger partial charge is 0.330 e. The van der Waals surface area contributed by atoms with E-state index in [1.807, 2.05) is 0 Å². The minimum absolute atomic E-state index is 0.191. The molecule has 0 bridgehead atoms. The molecule has 0 aliphatic heterocycles. The lowest BCUT2D eigenvalue weighted by Gasteiger charge is -2.24. The van der Waals surface area contributed by atoms with Gasteiger partial charge in [-0.3, -0.25) is 0 Å². The molecule has 1 heteroatoms. The van der Waals surface area contributed by atoms with E-state index in [1.54, 1.807) is 0 Å². The zero-order valence-electron chi connectivity index (χ0n) is 11.3. The van der Waals surface area contributed by atoms with Crippen molar-refractivity contribution >= 4 is 0 Å². The molecule has 1 aromatic carbocycles. The third kappa shape index (κ3) is 3.64. The van der Waals surface area contributed by atoms with Gasteiger partial charge in [-0.1, -0.05) is 58.9 Å². The van der Waals surface area contributed by atoms with Gasteiger partial charge in [-0.05, 0) is 34.9 Å². The SMILES string of the molecule is CC(C)(CN)Cc1cccc(C(C)(C)C)c1. The summed E-state index contributed by atoms with van der Waals surface area (Å²) >= 11 is 0. The van der Waals surface area contributed by atoms with Crippen LogP contribution in [0.1, 0.15) is 45.7 Å². The van der Waals surface area contributed by atoms with Gasteiger partial charge in [0.25, 0.3) is 0 Å². The second-order valence-corrected chi connectivity index (χ2v) is 6.50. The van der Waals surface area contributed by atoms with Crippen molar-refractivity contribution in [3.63, 3.8) is 0 Å². The molecule has 0 heterocycles. The third-order valence-corrected chi connectivity index (χ3v) is 3.03. The van der Waals surface area contributed by atoms with Crippen LogP contribution >= 0.6 is 0 Å². The molecular formula is C15H25N. The summed E-state index contributed by atoms with van der Waals surface area (Å²) in [5, 5.41) is 0. The molecule has 90 valence electrons. The van der Waals surface area contributed by atoms with Gasteiger partial charge in [0.2, 0.25) is 0 Å². The molecule has 0 atom stereocenters. The smallest absolute Gasteiger partial charge is 0.00226 e. The van der Waals surface area contributed by atoms with Crippen LogP contribution < -0.4 is 5.73 Å². The molecule has 0 aliphatic rings. The van der Waals surface area contributed by atoms with Crippen LogP contribution in [0.3, 0.4) is 0 Å². The first-order valence-corrected chi connectivity index (χ1v) is 6.04. The average Bonchev–Trinajstić information content (AvgIpc) is 2.16. The van der Waals surface area contributed by atoms with Crippen molar-refractivity contribution in [3.05, 3.63) is 35.4 Å². The van der Waals surface area contributed by atoms with Gasteiger partial charge in [0.15, 0.2) is 0 Å². The Morgan fingerprint density at radius 1 is 1.06 bits per heavy atom. The Hall–Kier alpha value is -0.820. The number of benzene rings is 1. The van der Waals surface area contributed by atoms with Crippen LogP contribution in [0.5, 0.6) is 0 Å². The highest BCUT2D eigenvalue weighted by Gasteiger charge is 2.18. The Morgan fingerprint density at radius 3 is 2.19 bits per heavy atom. The van der Waals surface area contributed by atoms with Crippen molar-refractivity contribution in [2.45, 2.75) is 46.5 Å². The van der Waals surface area contributed by atoms with Gasteiger partial charge in [-0.2, -0.15) is 0 Å². The zero-order valence-corrected chi connectivity index (χ0v) is 11.3. The predicted octanol–water partition coefficient (Wildman–Crippen LogP) is 3.51. The Kier molecular flexibility index (Phi) is 3.80. The van der Waals surface area contributed by atoms with Gasteiger partial charge in [0.05, 0.1) is 0 Å². The van der Waals surface area contributed by atoms with Crippen molar-refractivity contribution in [1.29, 1.82) is 0 Å². The van der Waals surface area contributed by atoms with Gasteiger partial charge in [-0.15, -0.1) is 0 Å². The lowest BCUT2D eigenvalue weighted by Crippen LogP contribution is -2.26. The average molecular weight is 219 g/mol. The van der Waals surface area contributed by atoms with E-state index in [-0.39, 0.29) is 10.8 Å². The van der Waals surface area contributed by atoms with Crippen LogP contribution in [0, 0.1) is 5.41 Å². The van der Waals surface area contributed by atoms with Crippen molar-refractivity contribution < 1.29 is 0 Å². The standard InChI is InChI=1S/C15H25N/c1-14(2,3)13-8-6-7-12(9-13)10-15(4,5)11-16/h6-9H,10-11,16H2,1-5H3. The number of hydrogen-bond donors (Lipinski definition) is 1. The second kappa shape index (κ2) is 4.58. The second-order valence-electron chi connectivity index (χ2n) is 6.50. The molecular weight excluding hydrogens is 194 g/mol. The molecule has 1 rings (SSSR count). The summed E-state index contributed by atoms with van der Waals surface area (Å²) in [5.41, 5.74) is 8.99. The first-order chi connectivity index (χ1) is 7.24. The van der Waals surface area contributed by atoms with E-state index in [0.717, 1.165) is 13.0 Å². The van der Waals surface area contributed by atoms with Crippen LogP contribution in [0.2, 0.25) is 0 Å². The summed E-state index contributed by atoms with van der Waals surface area (Å²) in [4.78, 5) is 0. The minimum atomic E-state index is 0.191. The van der Waals surface area contributed by atoms with Crippen molar-refractivity contribution in [1.82, 2.24) is 0 Å². The normalized spacial score (nSPS) is 12.9. The summed E-state index contributed by atoms with van der Waals surface area (Å²) < 4.78 is 0. The van der Waals surface area contributed by atoms with E-state index < -0.39 is 0 Å². The highest BCUT2D eigenvalue weighted by molar-refractivity contribution is 5.29. The zero-order chi connectivity index (χ0) is 12.4. The molecule has 0 aliphatic carbocycles. The summed E-state index contributed by atoms with van der Waals surface area (Å²) in [7, 11) is 0. The van der Waals surface area contributed by atoms with Gasteiger partial charge in [0.1, 0.15) is 0 Å². The minimum Gasteiger partial charge on any atom is -0.330 e. The molecule has 0 amide bonds. The van der Waals surface area contributed by atoms with Gasteiger partial charge >= 0.3 is 0 Å². The van der Waals surface area contributed by atoms with Crippen LogP contribution in [-0.4, -0.2) is 6.54 Å². The predicted molar refractivity (Wildman–Crippen MR) is 71.7 cm³/mol. The first-order valence-electron chi connectivity index (χ1n) is 6.04. The third-order valence-electron chi connectivity index (χ3n) is 3.03. The summed E-state index contributed by atoms with van der Waals surface area (Å²) in [5.74, 6) is 0. The van der Waals surface area contributed by atoms with E-state index >= 15 is 0 Å². The van der Waals surface area contributed by atoms with Gasteiger partial charge < -0.3 is 5.73 Å². The fourth-order valence-electron chi connectivity index (χ4n) is 1.77. The van der Waals surface area contributed by atoms with E-state index in [9.17, 15) is 0 Å². The fraction of sp³-hybridized carbons (Fsp3) is 0.600. The molecule has 16 heavy (non-hydrogen) atoms. The maximum Gasteiger partial charge on any atom is -0.00226 e. The molecule has 0 unspecified atom stereocenters. The van der Waals surface area contributed by atoms with E-state index in [0.29, 0.717) is 0 Å².